The summed E-state index contributed by atoms with van der Waals surface area (Å²) < 4.78 is 49.4. The number of esters is 1. The number of halogens is 3. The Hall–Kier alpha value is -2.38. The molecule has 7 heteroatoms. The number of ether oxygens (including phenoxy) is 1. The second-order valence-electron chi connectivity index (χ2n) is 8.64. The maximum absolute atomic E-state index is 14.7. The number of fused-ring (bicyclic) bond motifs is 1. The van der Waals surface area contributed by atoms with Crippen LogP contribution in [0.25, 0.3) is 0 Å². The van der Waals surface area contributed by atoms with E-state index in [1.54, 1.807) is 16.7 Å². The van der Waals surface area contributed by atoms with Crippen molar-refractivity contribution < 1.29 is 22.7 Å². The summed E-state index contributed by atoms with van der Waals surface area (Å²) in [4.78, 5) is 16.6. The molecule has 4 nitrogen and oxygen atoms in total. The van der Waals surface area contributed by atoms with Crippen molar-refractivity contribution in [2.45, 2.75) is 26.2 Å². The number of nitrogens with zero attached hydrogens (tertiary/aromatic N) is 2. The van der Waals surface area contributed by atoms with E-state index in [1.165, 1.54) is 0 Å². The zero-order valence-corrected chi connectivity index (χ0v) is 17.6. The second kappa shape index (κ2) is 8.28. The molecule has 2 aliphatic heterocycles. The number of alkyl halides is 3. The molecule has 0 radical (unpaired) electrons. The number of carbonyl (C=O) groups excluding carboxylic acids is 1. The summed E-state index contributed by atoms with van der Waals surface area (Å²) in [7, 11) is 0. The Morgan fingerprint density at radius 3 is 1.71 bits per heavy atom. The van der Waals surface area contributed by atoms with Crippen molar-refractivity contribution in [3.05, 3.63) is 71.8 Å². The molecule has 2 aromatic rings. The van der Waals surface area contributed by atoms with Gasteiger partial charge in [-0.2, -0.15) is 13.2 Å². The lowest BCUT2D eigenvalue weighted by molar-refractivity contribution is -0.242. The molecule has 2 saturated heterocycles. The maximum Gasteiger partial charge on any atom is 0.398 e. The van der Waals surface area contributed by atoms with Crippen LogP contribution in [0.3, 0.4) is 0 Å². The Balaban J connectivity index is 1.68. The van der Waals surface area contributed by atoms with E-state index in [2.05, 4.69) is 0 Å². The van der Waals surface area contributed by atoms with Crippen LogP contribution < -0.4 is 0 Å². The number of likely N-dealkylation sites (tertiary alicyclic amines) is 2. The zero-order chi connectivity index (χ0) is 22.1. The molecule has 0 bridgehead atoms. The van der Waals surface area contributed by atoms with Crippen LogP contribution in [0.2, 0.25) is 0 Å². The van der Waals surface area contributed by atoms with Crippen LogP contribution in [0.4, 0.5) is 13.2 Å². The Morgan fingerprint density at radius 2 is 1.32 bits per heavy atom. The average Bonchev–Trinajstić information content (AvgIpc) is 3.20. The largest absolute Gasteiger partial charge is 0.465 e. The van der Waals surface area contributed by atoms with E-state index < -0.39 is 23.0 Å². The molecule has 0 unspecified atom stereocenters. The van der Waals surface area contributed by atoms with Crippen LogP contribution in [-0.4, -0.2) is 54.7 Å². The van der Waals surface area contributed by atoms with Gasteiger partial charge in [-0.05, 0) is 18.1 Å². The molecule has 0 N–H and O–H groups in total. The molecule has 2 fully saturated rings. The van der Waals surface area contributed by atoms with Gasteiger partial charge in [0.1, 0.15) is 10.8 Å². The molecule has 0 atom stereocenters. The predicted molar refractivity (Wildman–Crippen MR) is 111 cm³/mol. The molecular formula is C24H27F3N2O2. The summed E-state index contributed by atoms with van der Waals surface area (Å²) in [5.41, 5.74) is -1.93. The van der Waals surface area contributed by atoms with Crippen molar-refractivity contribution >= 4 is 5.97 Å². The van der Waals surface area contributed by atoms with Crippen molar-refractivity contribution in [3.63, 3.8) is 0 Å². The molecule has 0 spiro atoms. The highest BCUT2D eigenvalue weighted by atomic mass is 19.4. The minimum absolute atomic E-state index is 0.0333. The van der Waals surface area contributed by atoms with E-state index in [0.717, 1.165) is 11.1 Å². The summed E-state index contributed by atoms with van der Waals surface area (Å²) in [5, 5.41) is 0. The fourth-order valence-electron chi connectivity index (χ4n) is 5.30. The third-order valence-corrected chi connectivity index (χ3v) is 6.60. The van der Waals surface area contributed by atoms with Gasteiger partial charge in [0.05, 0.1) is 6.61 Å². The van der Waals surface area contributed by atoms with E-state index >= 15 is 0 Å². The number of hydrogen-bond acceptors (Lipinski definition) is 4. The second-order valence-corrected chi connectivity index (χ2v) is 8.64. The summed E-state index contributed by atoms with van der Waals surface area (Å²) in [6, 6.07) is 18.8. The average molecular weight is 432 g/mol. The van der Waals surface area contributed by atoms with Crippen LogP contribution in [0.1, 0.15) is 18.1 Å². The number of rotatable bonds is 6. The molecule has 2 heterocycles. The van der Waals surface area contributed by atoms with Gasteiger partial charge in [-0.15, -0.1) is 0 Å². The van der Waals surface area contributed by atoms with Crippen molar-refractivity contribution in [2.24, 2.45) is 10.8 Å². The van der Waals surface area contributed by atoms with E-state index in [0.29, 0.717) is 13.1 Å². The van der Waals surface area contributed by atoms with E-state index in [1.807, 2.05) is 60.7 Å². The number of benzene rings is 2. The summed E-state index contributed by atoms with van der Waals surface area (Å²) >= 11 is 0. The van der Waals surface area contributed by atoms with E-state index in [4.69, 9.17) is 4.74 Å². The first-order valence-electron chi connectivity index (χ1n) is 10.6. The van der Waals surface area contributed by atoms with Crippen molar-refractivity contribution in [1.82, 2.24) is 9.80 Å². The third-order valence-electron chi connectivity index (χ3n) is 6.60. The van der Waals surface area contributed by atoms with Gasteiger partial charge >= 0.3 is 12.1 Å². The molecule has 2 aromatic carbocycles. The molecule has 31 heavy (non-hydrogen) atoms. The molecule has 4 rings (SSSR count). The normalized spacial score (nSPS) is 26.7. The summed E-state index contributed by atoms with van der Waals surface area (Å²) in [6.45, 7) is 2.09. The summed E-state index contributed by atoms with van der Waals surface area (Å²) in [5.74, 6) is -0.738. The molecule has 166 valence electrons. The minimum Gasteiger partial charge on any atom is -0.465 e. The lowest BCUT2D eigenvalue weighted by Crippen LogP contribution is -2.55. The van der Waals surface area contributed by atoms with Gasteiger partial charge in [0.15, 0.2) is 0 Å². The molecule has 0 saturated carbocycles. The standard InChI is InChI=1S/C24H27F3N2O2/c1-2-31-21(30)22-15-28(13-19-9-5-3-6-10-19)17-23(22,24(25,26)27)18-29(16-22)14-20-11-7-4-8-12-20/h3-12H,2,13-18H2,1H3. The van der Waals surface area contributed by atoms with Crippen LogP contribution in [-0.2, 0) is 22.6 Å². The van der Waals surface area contributed by atoms with Crippen LogP contribution in [0.15, 0.2) is 60.7 Å². The topological polar surface area (TPSA) is 32.8 Å². The molecule has 0 aromatic heterocycles. The molecular weight excluding hydrogens is 405 g/mol. The first kappa shape index (κ1) is 21.8. The smallest absolute Gasteiger partial charge is 0.398 e. The van der Waals surface area contributed by atoms with E-state index in [9.17, 15) is 18.0 Å². The molecule has 2 aliphatic rings. The highest BCUT2D eigenvalue weighted by Gasteiger charge is 2.77. The highest BCUT2D eigenvalue weighted by Crippen LogP contribution is 2.61. The van der Waals surface area contributed by atoms with Crippen molar-refractivity contribution in [2.75, 3.05) is 32.8 Å². The Morgan fingerprint density at radius 1 is 0.871 bits per heavy atom. The fourth-order valence-corrected chi connectivity index (χ4v) is 5.30. The Labute approximate surface area is 180 Å². The summed E-state index contributed by atoms with van der Waals surface area (Å²) in [6.07, 6.45) is -4.53. The van der Waals surface area contributed by atoms with Gasteiger partial charge < -0.3 is 4.74 Å². The highest BCUT2D eigenvalue weighted by molar-refractivity contribution is 5.80. The van der Waals surface area contributed by atoms with Gasteiger partial charge in [0.2, 0.25) is 0 Å². The zero-order valence-electron chi connectivity index (χ0n) is 17.6. The van der Waals surface area contributed by atoms with Gasteiger partial charge in [0.25, 0.3) is 0 Å². The lowest BCUT2D eigenvalue weighted by Gasteiger charge is -2.37. The van der Waals surface area contributed by atoms with Gasteiger partial charge in [-0.3, -0.25) is 14.6 Å². The van der Waals surface area contributed by atoms with Gasteiger partial charge in [-0.25, -0.2) is 0 Å². The quantitative estimate of drug-likeness (QED) is 0.643. The first-order chi connectivity index (χ1) is 14.8. The van der Waals surface area contributed by atoms with Crippen LogP contribution >= 0.6 is 0 Å². The lowest BCUT2D eigenvalue weighted by atomic mass is 9.67. The number of hydrogen-bond donors (Lipinski definition) is 0. The Kier molecular flexibility index (Phi) is 5.83. The van der Waals surface area contributed by atoms with Crippen LogP contribution in [0, 0.1) is 10.8 Å². The fraction of sp³-hybridized carbons (Fsp3) is 0.458. The first-order valence-corrected chi connectivity index (χ1v) is 10.6. The van der Waals surface area contributed by atoms with Crippen molar-refractivity contribution in [1.29, 1.82) is 0 Å². The third kappa shape index (κ3) is 3.85. The predicted octanol–water partition coefficient (Wildman–Crippen LogP) is 4.12. The van der Waals surface area contributed by atoms with Gasteiger partial charge in [0, 0.05) is 39.3 Å². The molecule has 0 aliphatic carbocycles. The monoisotopic (exact) mass is 432 g/mol. The van der Waals surface area contributed by atoms with E-state index in [-0.39, 0.29) is 32.8 Å². The molecule has 0 amide bonds. The maximum atomic E-state index is 14.7. The van der Waals surface area contributed by atoms with Crippen molar-refractivity contribution in [3.8, 4) is 0 Å². The Bertz CT molecular complexity index is 849. The van der Waals surface area contributed by atoms with Gasteiger partial charge in [-0.1, -0.05) is 60.7 Å². The number of carbonyl (C=O) groups is 1. The SMILES string of the molecule is CCOC(=O)C12CN(Cc3ccccc3)CC1(C(F)(F)F)CN(Cc1ccccc1)C2. The minimum atomic E-state index is -4.53. The van der Waals surface area contributed by atoms with Crippen LogP contribution in [0.5, 0.6) is 0 Å².